The first-order valence-electron chi connectivity index (χ1n) is 8.13. The van der Waals surface area contributed by atoms with Crippen LogP contribution >= 0.6 is 0 Å². The van der Waals surface area contributed by atoms with Gasteiger partial charge in [0.25, 0.3) is 0 Å². The number of benzene rings is 1. The Labute approximate surface area is 137 Å². The Morgan fingerprint density at radius 3 is 2.78 bits per heavy atom. The molecule has 2 N–H and O–H groups in total. The van der Waals surface area contributed by atoms with E-state index in [1.54, 1.807) is 0 Å². The summed E-state index contributed by atoms with van der Waals surface area (Å²) < 4.78 is 0. The Morgan fingerprint density at radius 2 is 2.04 bits per heavy atom. The van der Waals surface area contributed by atoms with E-state index in [4.69, 9.17) is 0 Å². The summed E-state index contributed by atoms with van der Waals surface area (Å²) in [5.74, 6) is 1.08. The lowest BCUT2D eigenvalue weighted by atomic mass is 10.0. The number of hydrogen-bond acceptors (Lipinski definition) is 5. The molecule has 1 saturated heterocycles. The number of likely N-dealkylation sites (N-methyl/N-ethyl adjacent to an activating group) is 1. The molecular formula is C18H24N4O. The zero-order chi connectivity index (χ0) is 16.4. The number of aromatic nitrogens is 2. The second-order valence-corrected chi connectivity index (χ2v) is 6.48. The van der Waals surface area contributed by atoms with Crippen LogP contribution in [0.15, 0.2) is 24.3 Å². The molecular weight excluding hydrogens is 288 g/mol. The molecule has 0 amide bonds. The molecule has 5 nitrogen and oxygen atoms in total. The summed E-state index contributed by atoms with van der Waals surface area (Å²) in [6, 6.07) is 8.12. The summed E-state index contributed by atoms with van der Waals surface area (Å²) in [7, 11) is 2.15. The van der Waals surface area contributed by atoms with Crippen molar-refractivity contribution < 1.29 is 5.11 Å². The smallest absolute Gasteiger partial charge is 0.149 e. The second kappa shape index (κ2) is 6.54. The van der Waals surface area contributed by atoms with Gasteiger partial charge in [-0.25, -0.2) is 0 Å². The number of hydrogen-bond donors (Lipinski definition) is 2. The third kappa shape index (κ3) is 3.45. The van der Waals surface area contributed by atoms with Gasteiger partial charge in [-0.3, -0.25) is 0 Å². The highest BCUT2D eigenvalue weighted by atomic mass is 16.3. The van der Waals surface area contributed by atoms with Gasteiger partial charge in [-0.2, -0.15) is 0 Å². The number of phenols is 1. The molecule has 0 aliphatic carbocycles. The Kier molecular flexibility index (Phi) is 4.48. The van der Waals surface area contributed by atoms with Crippen LogP contribution in [0.1, 0.15) is 24.0 Å². The molecule has 1 aliphatic heterocycles. The van der Waals surface area contributed by atoms with Crippen molar-refractivity contribution in [3.05, 3.63) is 35.4 Å². The number of piperidine rings is 1. The first-order chi connectivity index (χ1) is 11.0. The Morgan fingerprint density at radius 1 is 1.22 bits per heavy atom. The number of nitrogens with zero attached hydrogens (tertiary/aromatic N) is 3. The topological polar surface area (TPSA) is 61.3 Å². The van der Waals surface area contributed by atoms with E-state index in [1.165, 1.54) is 6.42 Å². The SMILES string of the molecule is Cc1cc(N[C@@H]2CCCN(C)C2)nnc1-c1cccc(C)c1O. The molecule has 1 atom stereocenters. The zero-order valence-electron chi connectivity index (χ0n) is 14.0. The van der Waals surface area contributed by atoms with Crippen LogP contribution in [0, 0.1) is 13.8 Å². The van der Waals surface area contributed by atoms with Gasteiger partial charge in [-0.05, 0) is 63.5 Å². The van der Waals surface area contributed by atoms with E-state index in [0.717, 1.165) is 47.7 Å². The highest BCUT2D eigenvalue weighted by Gasteiger charge is 2.18. The molecule has 0 saturated carbocycles. The van der Waals surface area contributed by atoms with E-state index in [-0.39, 0.29) is 5.75 Å². The number of aryl methyl sites for hydroxylation is 2. The third-order valence-corrected chi connectivity index (χ3v) is 4.45. The van der Waals surface area contributed by atoms with E-state index in [0.29, 0.717) is 6.04 Å². The average molecular weight is 312 g/mol. The molecule has 5 heteroatoms. The largest absolute Gasteiger partial charge is 0.507 e. The van der Waals surface area contributed by atoms with Crippen molar-refractivity contribution in [2.45, 2.75) is 32.7 Å². The molecule has 2 aromatic rings. The number of nitrogens with one attached hydrogen (secondary N) is 1. The Balaban J connectivity index is 1.82. The number of rotatable bonds is 3. The zero-order valence-corrected chi connectivity index (χ0v) is 14.0. The molecule has 1 aromatic carbocycles. The molecule has 1 aromatic heterocycles. The van der Waals surface area contributed by atoms with Gasteiger partial charge in [0.05, 0.1) is 5.69 Å². The van der Waals surface area contributed by atoms with Crippen LogP contribution in [-0.2, 0) is 0 Å². The van der Waals surface area contributed by atoms with Crippen molar-refractivity contribution in [1.29, 1.82) is 0 Å². The fraction of sp³-hybridized carbons (Fsp3) is 0.444. The van der Waals surface area contributed by atoms with Crippen LogP contribution in [-0.4, -0.2) is 46.4 Å². The minimum atomic E-state index is 0.277. The molecule has 2 heterocycles. The summed E-state index contributed by atoms with van der Waals surface area (Å²) in [4.78, 5) is 2.33. The molecule has 0 unspecified atom stereocenters. The maximum atomic E-state index is 10.2. The molecule has 23 heavy (non-hydrogen) atoms. The minimum absolute atomic E-state index is 0.277. The van der Waals surface area contributed by atoms with Crippen molar-refractivity contribution in [1.82, 2.24) is 15.1 Å². The van der Waals surface area contributed by atoms with Gasteiger partial charge in [-0.1, -0.05) is 12.1 Å². The van der Waals surface area contributed by atoms with Crippen molar-refractivity contribution in [3.63, 3.8) is 0 Å². The highest BCUT2D eigenvalue weighted by Crippen LogP contribution is 2.32. The van der Waals surface area contributed by atoms with Gasteiger partial charge in [0.1, 0.15) is 11.6 Å². The summed E-state index contributed by atoms with van der Waals surface area (Å²) >= 11 is 0. The Hall–Kier alpha value is -2.14. The Bertz CT molecular complexity index is 701. The molecule has 122 valence electrons. The quantitative estimate of drug-likeness (QED) is 0.912. The third-order valence-electron chi connectivity index (χ3n) is 4.45. The maximum absolute atomic E-state index is 10.2. The van der Waals surface area contributed by atoms with E-state index >= 15 is 0 Å². The standard InChI is InChI=1S/C18H24N4O/c1-12-6-4-8-15(18(12)23)17-13(2)10-16(20-21-17)19-14-7-5-9-22(3)11-14/h4,6,8,10,14,23H,5,7,9,11H2,1-3H3,(H,19,20)/t14-/m1/s1. The van der Waals surface area contributed by atoms with Crippen LogP contribution in [0.5, 0.6) is 5.75 Å². The van der Waals surface area contributed by atoms with Gasteiger partial charge in [0.15, 0.2) is 0 Å². The molecule has 0 spiro atoms. The van der Waals surface area contributed by atoms with Crippen LogP contribution in [0.3, 0.4) is 0 Å². The van der Waals surface area contributed by atoms with Crippen molar-refractivity contribution >= 4 is 5.82 Å². The predicted molar refractivity (Wildman–Crippen MR) is 92.7 cm³/mol. The van der Waals surface area contributed by atoms with Crippen molar-refractivity contribution in [2.75, 3.05) is 25.5 Å². The number of phenolic OH excluding ortho intramolecular Hbond substituents is 1. The molecule has 1 fully saturated rings. The van der Waals surface area contributed by atoms with Gasteiger partial charge in [0, 0.05) is 18.2 Å². The number of anilines is 1. The molecule has 3 rings (SSSR count). The minimum Gasteiger partial charge on any atom is -0.507 e. The van der Waals surface area contributed by atoms with Crippen LogP contribution in [0.25, 0.3) is 11.3 Å². The van der Waals surface area contributed by atoms with E-state index < -0.39 is 0 Å². The molecule has 0 bridgehead atoms. The van der Waals surface area contributed by atoms with Crippen molar-refractivity contribution in [2.24, 2.45) is 0 Å². The van der Waals surface area contributed by atoms with Crippen LogP contribution in [0.4, 0.5) is 5.82 Å². The normalized spacial score (nSPS) is 18.8. The summed E-state index contributed by atoms with van der Waals surface area (Å²) in [6.07, 6.45) is 2.36. The summed E-state index contributed by atoms with van der Waals surface area (Å²) in [5.41, 5.74) is 3.32. The summed E-state index contributed by atoms with van der Waals surface area (Å²) in [6.45, 7) is 6.08. The highest BCUT2D eigenvalue weighted by molar-refractivity contribution is 5.71. The van der Waals surface area contributed by atoms with Crippen LogP contribution in [0.2, 0.25) is 0 Å². The fourth-order valence-corrected chi connectivity index (χ4v) is 3.17. The number of aromatic hydroxyl groups is 1. The second-order valence-electron chi connectivity index (χ2n) is 6.48. The molecule has 0 radical (unpaired) electrons. The van der Waals surface area contributed by atoms with Gasteiger partial charge >= 0.3 is 0 Å². The first kappa shape index (κ1) is 15.7. The van der Waals surface area contributed by atoms with E-state index in [1.807, 2.05) is 38.1 Å². The van der Waals surface area contributed by atoms with E-state index in [9.17, 15) is 5.11 Å². The lowest BCUT2D eigenvalue weighted by molar-refractivity contribution is 0.260. The lowest BCUT2D eigenvalue weighted by Gasteiger charge is -2.30. The van der Waals surface area contributed by atoms with Crippen molar-refractivity contribution in [3.8, 4) is 17.0 Å². The first-order valence-corrected chi connectivity index (χ1v) is 8.13. The lowest BCUT2D eigenvalue weighted by Crippen LogP contribution is -2.39. The van der Waals surface area contributed by atoms with Gasteiger partial charge < -0.3 is 15.3 Å². The molecule has 1 aliphatic rings. The summed E-state index contributed by atoms with van der Waals surface area (Å²) in [5, 5.41) is 22.4. The maximum Gasteiger partial charge on any atom is 0.149 e. The van der Waals surface area contributed by atoms with Gasteiger partial charge in [0.2, 0.25) is 0 Å². The predicted octanol–water partition coefficient (Wildman–Crippen LogP) is 2.97. The monoisotopic (exact) mass is 312 g/mol. The van der Waals surface area contributed by atoms with E-state index in [2.05, 4.69) is 27.5 Å². The van der Waals surface area contributed by atoms with Gasteiger partial charge in [-0.15, -0.1) is 10.2 Å². The fourth-order valence-electron chi connectivity index (χ4n) is 3.17. The average Bonchev–Trinajstić information content (AvgIpc) is 2.51. The number of para-hydroxylation sites is 1. The number of likely N-dealkylation sites (tertiary alicyclic amines) is 1. The van der Waals surface area contributed by atoms with Crippen LogP contribution < -0.4 is 5.32 Å².